The van der Waals surface area contributed by atoms with Gasteiger partial charge in [-0.05, 0) is 24.6 Å². The van der Waals surface area contributed by atoms with Crippen molar-refractivity contribution in [3.05, 3.63) is 42.0 Å². The molecule has 0 spiro atoms. The Morgan fingerprint density at radius 1 is 1.11 bits per heavy atom. The van der Waals surface area contributed by atoms with E-state index in [1.165, 1.54) is 0 Å². The van der Waals surface area contributed by atoms with Gasteiger partial charge in [-0.3, -0.25) is 4.57 Å². The highest BCUT2D eigenvalue weighted by Crippen LogP contribution is 2.19. The second kappa shape index (κ2) is 3.87. The number of para-hydroxylation sites is 1. The lowest BCUT2D eigenvalue weighted by atomic mass is 10.1. The monoisotopic (exact) mass is 237 g/mol. The topological polar surface area (TPSA) is 50.9 Å². The van der Waals surface area contributed by atoms with Crippen molar-refractivity contribution in [2.75, 3.05) is 0 Å². The number of aryl methyl sites for hydroxylation is 1. The summed E-state index contributed by atoms with van der Waals surface area (Å²) in [5, 5.41) is 9.53. The van der Waals surface area contributed by atoms with Crippen molar-refractivity contribution in [3.63, 3.8) is 0 Å². The Morgan fingerprint density at radius 2 is 1.89 bits per heavy atom. The van der Waals surface area contributed by atoms with Gasteiger partial charge in [0.25, 0.3) is 0 Å². The molecule has 1 N–H and O–H groups in total. The van der Waals surface area contributed by atoms with E-state index in [-0.39, 0.29) is 5.88 Å². The van der Waals surface area contributed by atoms with Crippen LogP contribution in [0.2, 0.25) is 0 Å². The molecule has 0 saturated carbocycles. The molecule has 0 unspecified atom stereocenters. The number of imidazole rings is 1. The molecule has 0 aliphatic carbocycles. The molecular weight excluding hydrogens is 225 g/mol. The Labute approximate surface area is 105 Å². The predicted molar refractivity (Wildman–Crippen MR) is 73.4 cm³/mol. The highest BCUT2D eigenvalue weighted by Gasteiger charge is 2.12. The van der Waals surface area contributed by atoms with E-state index in [0.29, 0.717) is 5.65 Å². The average Bonchev–Trinajstić information content (AvgIpc) is 2.66. The number of benzene rings is 1. The van der Waals surface area contributed by atoms with Crippen LogP contribution >= 0.6 is 0 Å². The van der Waals surface area contributed by atoms with Gasteiger partial charge in [-0.15, -0.1) is 0 Å². The number of hydrogen-bond donors (Lipinski definition) is 1. The minimum atomic E-state index is 0.0113. The first kappa shape index (κ1) is 10.8. The van der Waals surface area contributed by atoms with Gasteiger partial charge >= 0.3 is 0 Å². The summed E-state index contributed by atoms with van der Waals surface area (Å²) >= 11 is 0. The first-order valence-electron chi connectivity index (χ1n) is 5.78. The van der Waals surface area contributed by atoms with Gasteiger partial charge in [-0.2, -0.15) is 4.98 Å². The maximum Gasteiger partial charge on any atom is 0.212 e. The number of nitrogens with zero attached hydrogens (tertiary/aromatic N) is 3. The normalized spacial score (nSPS) is 10.9. The SMILES string of the molecule is Bc1nc2ccc(O)nc2n1-c1ccccc1C. The second-order valence-electron chi connectivity index (χ2n) is 4.29. The molecule has 0 amide bonds. The lowest BCUT2D eigenvalue weighted by molar-refractivity contribution is 0.455. The quantitative estimate of drug-likeness (QED) is 0.633. The summed E-state index contributed by atoms with van der Waals surface area (Å²) in [6.07, 6.45) is 0. The van der Waals surface area contributed by atoms with E-state index in [1.807, 2.05) is 43.6 Å². The summed E-state index contributed by atoms with van der Waals surface area (Å²) in [5.74, 6) is 0.0113. The number of hydrogen-bond acceptors (Lipinski definition) is 3. The standard InChI is InChI=1S/C13H12BN3O/c1-8-4-2-3-5-10(8)17-12-9(15-13(17)14)6-7-11(18)16-12/h2-7H,14H2,1H3,(H,16,18). The summed E-state index contributed by atoms with van der Waals surface area (Å²) < 4.78 is 1.96. The van der Waals surface area contributed by atoms with Crippen molar-refractivity contribution in [3.8, 4) is 11.6 Å². The molecular formula is C13H12BN3O. The molecule has 1 aromatic carbocycles. The summed E-state index contributed by atoms with van der Waals surface area (Å²) in [6, 6.07) is 11.4. The fourth-order valence-electron chi connectivity index (χ4n) is 2.16. The van der Waals surface area contributed by atoms with Crippen LogP contribution in [-0.2, 0) is 0 Å². The lowest BCUT2D eigenvalue weighted by Crippen LogP contribution is -2.18. The highest BCUT2D eigenvalue weighted by atomic mass is 16.3. The van der Waals surface area contributed by atoms with Crippen LogP contribution in [0.1, 0.15) is 5.56 Å². The Balaban J connectivity index is 2.38. The number of rotatable bonds is 1. The maximum absolute atomic E-state index is 9.53. The number of pyridine rings is 1. The van der Waals surface area contributed by atoms with Gasteiger partial charge in [0.2, 0.25) is 5.88 Å². The van der Waals surface area contributed by atoms with Gasteiger partial charge in [0.05, 0.1) is 11.4 Å². The van der Waals surface area contributed by atoms with Crippen molar-refractivity contribution < 1.29 is 5.11 Å². The summed E-state index contributed by atoms with van der Waals surface area (Å²) in [5.41, 5.74) is 4.51. The van der Waals surface area contributed by atoms with Gasteiger partial charge in [-0.1, -0.05) is 18.2 Å². The van der Waals surface area contributed by atoms with Crippen LogP contribution in [-0.4, -0.2) is 27.5 Å². The Bertz CT molecular complexity index is 736. The van der Waals surface area contributed by atoms with Crippen LogP contribution in [0, 0.1) is 6.92 Å². The molecule has 0 aliphatic heterocycles. The Kier molecular flexibility index (Phi) is 2.33. The smallest absolute Gasteiger partial charge is 0.212 e. The summed E-state index contributed by atoms with van der Waals surface area (Å²) in [7, 11) is 1.94. The number of aromatic nitrogens is 3. The number of fused-ring (bicyclic) bond motifs is 1. The molecule has 4 nitrogen and oxygen atoms in total. The molecule has 0 radical (unpaired) electrons. The maximum atomic E-state index is 9.53. The van der Waals surface area contributed by atoms with Crippen LogP contribution < -0.4 is 5.72 Å². The summed E-state index contributed by atoms with van der Waals surface area (Å²) in [6.45, 7) is 2.05. The van der Waals surface area contributed by atoms with Crippen molar-refractivity contribution in [1.29, 1.82) is 0 Å². The highest BCUT2D eigenvalue weighted by molar-refractivity contribution is 6.30. The van der Waals surface area contributed by atoms with E-state index in [2.05, 4.69) is 9.97 Å². The second-order valence-corrected chi connectivity index (χ2v) is 4.29. The van der Waals surface area contributed by atoms with Crippen LogP contribution in [0.3, 0.4) is 0 Å². The zero-order chi connectivity index (χ0) is 12.7. The molecule has 3 aromatic rings. The minimum Gasteiger partial charge on any atom is -0.493 e. The fraction of sp³-hybridized carbons (Fsp3) is 0.0769. The molecule has 0 fully saturated rings. The molecule has 0 aliphatic rings. The lowest BCUT2D eigenvalue weighted by Gasteiger charge is -2.09. The van der Waals surface area contributed by atoms with E-state index in [4.69, 9.17) is 0 Å². The molecule has 0 bridgehead atoms. The third-order valence-corrected chi connectivity index (χ3v) is 3.01. The van der Waals surface area contributed by atoms with E-state index in [9.17, 15) is 5.11 Å². The predicted octanol–water partition coefficient (Wildman–Crippen LogP) is 0.693. The Morgan fingerprint density at radius 3 is 2.67 bits per heavy atom. The van der Waals surface area contributed by atoms with Crippen LogP contribution in [0.4, 0.5) is 0 Å². The molecule has 0 atom stereocenters. The first-order chi connectivity index (χ1) is 8.66. The Hall–Kier alpha value is -2.30. The van der Waals surface area contributed by atoms with Gasteiger partial charge < -0.3 is 5.11 Å². The third kappa shape index (κ3) is 1.56. The van der Waals surface area contributed by atoms with Crippen LogP contribution in [0.25, 0.3) is 16.9 Å². The van der Waals surface area contributed by atoms with Crippen LogP contribution in [0.15, 0.2) is 36.4 Å². The summed E-state index contributed by atoms with van der Waals surface area (Å²) in [4.78, 5) is 8.63. The van der Waals surface area contributed by atoms with E-state index in [0.717, 1.165) is 22.5 Å². The molecule has 2 heterocycles. The molecule has 18 heavy (non-hydrogen) atoms. The molecule has 88 valence electrons. The van der Waals surface area contributed by atoms with Gasteiger partial charge in [0.15, 0.2) is 13.5 Å². The largest absolute Gasteiger partial charge is 0.493 e. The molecule has 0 saturated heterocycles. The van der Waals surface area contributed by atoms with Crippen molar-refractivity contribution in [1.82, 2.24) is 14.5 Å². The van der Waals surface area contributed by atoms with Gasteiger partial charge in [-0.25, -0.2) is 4.98 Å². The van der Waals surface area contributed by atoms with Gasteiger partial charge in [0, 0.05) is 6.07 Å². The molecule has 5 heteroatoms. The molecule has 3 rings (SSSR count). The third-order valence-electron chi connectivity index (χ3n) is 3.01. The zero-order valence-corrected chi connectivity index (χ0v) is 10.3. The van der Waals surface area contributed by atoms with Crippen molar-refractivity contribution in [2.45, 2.75) is 6.92 Å². The van der Waals surface area contributed by atoms with E-state index < -0.39 is 0 Å². The average molecular weight is 237 g/mol. The van der Waals surface area contributed by atoms with Crippen LogP contribution in [0.5, 0.6) is 5.88 Å². The zero-order valence-electron chi connectivity index (χ0n) is 10.3. The van der Waals surface area contributed by atoms with E-state index in [1.54, 1.807) is 12.1 Å². The van der Waals surface area contributed by atoms with Gasteiger partial charge in [0.1, 0.15) is 5.52 Å². The fourth-order valence-corrected chi connectivity index (χ4v) is 2.16. The molecule has 2 aromatic heterocycles. The van der Waals surface area contributed by atoms with E-state index >= 15 is 0 Å². The minimum absolute atomic E-state index is 0.0113. The van der Waals surface area contributed by atoms with Crippen molar-refractivity contribution >= 4 is 24.7 Å². The number of aromatic hydroxyl groups is 1. The van der Waals surface area contributed by atoms with Crippen molar-refractivity contribution in [2.24, 2.45) is 0 Å². The first-order valence-corrected chi connectivity index (χ1v) is 5.78.